The van der Waals surface area contributed by atoms with Gasteiger partial charge in [-0.15, -0.1) is 0 Å². The van der Waals surface area contributed by atoms with Gasteiger partial charge in [-0.3, -0.25) is 9.59 Å². The van der Waals surface area contributed by atoms with Crippen LogP contribution in [0.4, 0.5) is 10.1 Å². The van der Waals surface area contributed by atoms with Crippen molar-refractivity contribution in [2.75, 3.05) is 25.5 Å². The standard InChI is InChI=1S/C17H22FN3O2/c1-19-16(23)17(20-14-7-3-6-13(18)10-14)8-9-21(11-17)15(22)12-4-2-5-12/h3,6-7,10,12,20H,2,4-5,8-9,11H2,1H3,(H,19,23). The highest BCUT2D eigenvalue weighted by atomic mass is 19.1. The Morgan fingerprint density at radius 3 is 2.74 bits per heavy atom. The Morgan fingerprint density at radius 1 is 1.35 bits per heavy atom. The number of nitrogens with zero attached hydrogens (tertiary/aromatic N) is 1. The lowest BCUT2D eigenvalue weighted by Gasteiger charge is -2.32. The molecule has 2 aliphatic rings. The van der Waals surface area contributed by atoms with Crippen LogP contribution in [0.3, 0.4) is 0 Å². The third-order valence-electron chi connectivity index (χ3n) is 4.91. The highest BCUT2D eigenvalue weighted by Gasteiger charge is 2.47. The van der Waals surface area contributed by atoms with Crippen molar-refractivity contribution in [2.45, 2.75) is 31.2 Å². The number of likely N-dealkylation sites (N-methyl/N-ethyl adjacent to an activating group) is 1. The Labute approximate surface area is 135 Å². The number of amides is 2. The summed E-state index contributed by atoms with van der Waals surface area (Å²) < 4.78 is 13.4. The molecule has 2 amide bonds. The molecule has 1 saturated carbocycles. The first-order valence-electron chi connectivity index (χ1n) is 8.09. The summed E-state index contributed by atoms with van der Waals surface area (Å²) in [6, 6.07) is 6.05. The summed E-state index contributed by atoms with van der Waals surface area (Å²) in [4.78, 5) is 26.7. The van der Waals surface area contributed by atoms with E-state index in [0.29, 0.717) is 25.2 Å². The van der Waals surface area contributed by atoms with Gasteiger partial charge in [0.2, 0.25) is 11.8 Å². The van der Waals surface area contributed by atoms with E-state index in [2.05, 4.69) is 10.6 Å². The molecule has 1 aliphatic heterocycles. The lowest BCUT2D eigenvalue weighted by Crippen LogP contribution is -2.54. The summed E-state index contributed by atoms with van der Waals surface area (Å²) in [6.45, 7) is 0.865. The minimum absolute atomic E-state index is 0.115. The van der Waals surface area contributed by atoms with Crippen molar-refractivity contribution < 1.29 is 14.0 Å². The first kappa shape index (κ1) is 15.8. The summed E-state index contributed by atoms with van der Waals surface area (Å²) in [5.74, 6) is -0.277. The van der Waals surface area contributed by atoms with Crippen molar-refractivity contribution in [2.24, 2.45) is 5.92 Å². The number of anilines is 1. The highest BCUT2D eigenvalue weighted by molar-refractivity contribution is 5.91. The number of carbonyl (C=O) groups excluding carboxylic acids is 2. The molecule has 1 aromatic rings. The molecule has 1 aliphatic carbocycles. The molecule has 6 heteroatoms. The average Bonchev–Trinajstić information content (AvgIpc) is 2.90. The zero-order valence-electron chi connectivity index (χ0n) is 13.3. The topological polar surface area (TPSA) is 61.4 Å². The molecule has 1 unspecified atom stereocenters. The number of hydrogen-bond donors (Lipinski definition) is 2. The molecular formula is C17H22FN3O2. The van der Waals surface area contributed by atoms with E-state index in [9.17, 15) is 14.0 Å². The van der Waals surface area contributed by atoms with Gasteiger partial charge < -0.3 is 15.5 Å². The molecule has 5 nitrogen and oxygen atoms in total. The Morgan fingerprint density at radius 2 is 2.13 bits per heavy atom. The second kappa shape index (κ2) is 6.18. The van der Waals surface area contributed by atoms with E-state index in [1.807, 2.05) is 0 Å². The average molecular weight is 319 g/mol. The number of benzene rings is 1. The number of nitrogens with one attached hydrogen (secondary N) is 2. The van der Waals surface area contributed by atoms with Gasteiger partial charge in [0.15, 0.2) is 0 Å². The van der Waals surface area contributed by atoms with E-state index in [1.165, 1.54) is 12.1 Å². The van der Waals surface area contributed by atoms with E-state index >= 15 is 0 Å². The van der Waals surface area contributed by atoms with Crippen LogP contribution in [0.25, 0.3) is 0 Å². The van der Waals surface area contributed by atoms with E-state index in [0.717, 1.165) is 19.3 Å². The van der Waals surface area contributed by atoms with Crippen LogP contribution < -0.4 is 10.6 Å². The first-order valence-corrected chi connectivity index (χ1v) is 8.09. The normalized spacial score (nSPS) is 24.2. The SMILES string of the molecule is CNC(=O)C1(Nc2cccc(F)c2)CCN(C(=O)C2CCC2)C1. The lowest BCUT2D eigenvalue weighted by molar-refractivity contribution is -0.137. The van der Waals surface area contributed by atoms with Gasteiger partial charge in [-0.25, -0.2) is 4.39 Å². The van der Waals surface area contributed by atoms with Crippen LogP contribution in [0.1, 0.15) is 25.7 Å². The molecule has 0 bridgehead atoms. The van der Waals surface area contributed by atoms with E-state index < -0.39 is 5.54 Å². The fourth-order valence-corrected chi connectivity index (χ4v) is 3.34. The van der Waals surface area contributed by atoms with E-state index in [1.54, 1.807) is 24.1 Å². The molecule has 1 atom stereocenters. The largest absolute Gasteiger partial charge is 0.370 e. The van der Waals surface area contributed by atoms with Gasteiger partial charge >= 0.3 is 0 Å². The summed E-state index contributed by atoms with van der Waals surface area (Å²) in [5, 5.41) is 5.83. The van der Waals surface area contributed by atoms with Crippen LogP contribution in [-0.2, 0) is 9.59 Å². The van der Waals surface area contributed by atoms with E-state index in [-0.39, 0.29) is 23.5 Å². The summed E-state index contributed by atoms with van der Waals surface area (Å²) >= 11 is 0. The maximum atomic E-state index is 13.4. The van der Waals surface area contributed by atoms with Crippen molar-refractivity contribution in [3.8, 4) is 0 Å². The fourth-order valence-electron chi connectivity index (χ4n) is 3.34. The third-order valence-corrected chi connectivity index (χ3v) is 4.91. The summed E-state index contributed by atoms with van der Waals surface area (Å²) in [7, 11) is 1.58. The van der Waals surface area contributed by atoms with Crippen molar-refractivity contribution in [1.29, 1.82) is 0 Å². The molecule has 2 N–H and O–H groups in total. The van der Waals surface area contributed by atoms with Gasteiger partial charge in [0.25, 0.3) is 0 Å². The number of hydrogen-bond acceptors (Lipinski definition) is 3. The molecule has 1 aromatic carbocycles. The molecule has 3 rings (SSSR count). The lowest BCUT2D eigenvalue weighted by atomic mass is 9.84. The molecule has 1 heterocycles. The molecule has 2 fully saturated rings. The molecule has 23 heavy (non-hydrogen) atoms. The van der Waals surface area contributed by atoms with Gasteiger partial charge in [0.05, 0.1) is 6.54 Å². The van der Waals surface area contributed by atoms with Crippen molar-refractivity contribution in [3.63, 3.8) is 0 Å². The second-order valence-corrected chi connectivity index (χ2v) is 6.43. The maximum absolute atomic E-state index is 13.4. The molecule has 0 radical (unpaired) electrons. The smallest absolute Gasteiger partial charge is 0.247 e. The summed E-state index contributed by atoms with van der Waals surface area (Å²) in [5.41, 5.74) is -0.353. The third kappa shape index (κ3) is 3.02. The van der Waals surface area contributed by atoms with Gasteiger partial charge in [-0.2, -0.15) is 0 Å². The number of halogens is 1. The van der Waals surface area contributed by atoms with Crippen LogP contribution >= 0.6 is 0 Å². The Hall–Kier alpha value is -2.11. The molecule has 1 saturated heterocycles. The maximum Gasteiger partial charge on any atom is 0.247 e. The zero-order chi connectivity index (χ0) is 16.4. The fraction of sp³-hybridized carbons (Fsp3) is 0.529. The molecule has 124 valence electrons. The van der Waals surface area contributed by atoms with Gasteiger partial charge in [0, 0.05) is 25.2 Å². The Kier molecular flexibility index (Phi) is 4.24. The van der Waals surface area contributed by atoms with Crippen LogP contribution in [0, 0.1) is 11.7 Å². The van der Waals surface area contributed by atoms with E-state index in [4.69, 9.17) is 0 Å². The summed E-state index contributed by atoms with van der Waals surface area (Å²) in [6.07, 6.45) is 3.51. The quantitative estimate of drug-likeness (QED) is 0.889. The van der Waals surface area contributed by atoms with Gasteiger partial charge in [-0.1, -0.05) is 12.5 Å². The van der Waals surface area contributed by atoms with Crippen LogP contribution in [-0.4, -0.2) is 42.4 Å². The van der Waals surface area contributed by atoms with Crippen molar-refractivity contribution in [3.05, 3.63) is 30.1 Å². The minimum atomic E-state index is -0.901. The van der Waals surface area contributed by atoms with Gasteiger partial charge in [0.1, 0.15) is 11.4 Å². The second-order valence-electron chi connectivity index (χ2n) is 6.43. The van der Waals surface area contributed by atoms with Crippen LogP contribution in [0.2, 0.25) is 0 Å². The minimum Gasteiger partial charge on any atom is -0.370 e. The molecular weight excluding hydrogens is 297 g/mol. The molecule has 0 aromatic heterocycles. The molecule has 0 spiro atoms. The number of carbonyl (C=O) groups is 2. The monoisotopic (exact) mass is 319 g/mol. The Balaban J connectivity index is 1.78. The predicted molar refractivity (Wildman–Crippen MR) is 85.4 cm³/mol. The zero-order valence-corrected chi connectivity index (χ0v) is 13.3. The Bertz CT molecular complexity index is 618. The number of rotatable bonds is 4. The highest BCUT2D eigenvalue weighted by Crippen LogP contribution is 2.33. The van der Waals surface area contributed by atoms with Crippen LogP contribution in [0.5, 0.6) is 0 Å². The van der Waals surface area contributed by atoms with Gasteiger partial charge in [-0.05, 0) is 37.5 Å². The predicted octanol–water partition coefficient (Wildman–Crippen LogP) is 1.75. The van der Waals surface area contributed by atoms with Crippen molar-refractivity contribution >= 4 is 17.5 Å². The first-order chi connectivity index (χ1) is 11.0. The number of likely N-dealkylation sites (tertiary alicyclic amines) is 1. The van der Waals surface area contributed by atoms with Crippen molar-refractivity contribution in [1.82, 2.24) is 10.2 Å². The van der Waals surface area contributed by atoms with Crippen LogP contribution in [0.15, 0.2) is 24.3 Å².